The highest BCUT2D eigenvalue weighted by molar-refractivity contribution is 5.82. The zero-order valence-electron chi connectivity index (χ0n) is 12.6. The molecule has 1 aromatic carbocycles. The summed E-state index contributed by atoms with van der Waals surface area (Å²) in [7, 11) is 0. The zero-order chi connectivity index (χ0) is 15.3. The van der Waals surface area contributed by atoms with E-state index in [0.29, 0.717) is 18.8 Å². The van der Waals surface area contributed by atoms with E-state index in [9.17, 15) is 14.3 Å². The second-order valence-electron chi connectivity index (χ2n) is 6.08. The predicted octanol–water partition coefficient (Wildman–Crippen LogP) is 4.44. The summed E-state index contributed by atoms with van der Waals surface area (Å²) in [6, 6.07) is 6.29. The second kappa shape index (κ2) is 6.92. The summed E-state index contributed by atoms with van der Waals surface area (Å²) in [5.74, 6) is -0.672. The molecule has 2 rings (SSSR count). The van der Waals surface area contributed by atoms with Gasteiger partial charge in [0.05, 0.1) is 5.69 Å². The van der Waals surface area contributed by atoms with Crippen LogP contribution in [0.5, 0.6) is 0 Å². The van der Waals surface area contributed by atoms with Crippen LogP contribution < -0.4 is 5.32 Å². The van der Waals surface area contributed by atoms with E-state index in [2.05, 4.69) is 12.2 Å². The van der Waals surface area contributed by atoms with Crippen molar-refractivity contribution in [1.29, 1.82) is 0 Å². The molecule has 1 aliphatic carbocycles. The first kappa shape index (κ1) is 15.8. The standard InChI is InChI=1S/C17H24FNO2/c1-2-6-13-7-5-11-17(12-10-13,16(20)21)19-15-9-4-3-8-14(15)18/h3-4,8-9,13,19H,2,5-7,10-12H2,1H3,(H,20,21). The fraction of sp³-hybridized carbons (Fsp3) is 0.588. The first-order chi connectivity index (χ1) is 10.1. The summed E-state index contributed by atoms with van der Waals surface area (Å²) >= 11 is 0. The first-order valence-electron chi connectivity index (χ1n) is 7.83. The van der Waals surface area contributed by atoms with Gasteiger partial charge < -0.3 is 10.4 Å². The average molecular weight is 293 g/mol. The van der Waals surface area contributed by atoms with E-state index in [1.54, 1.807) is 18.2 Å². The van der Waals surface area contributed by atoms with Gasteiger partial charge in [0.2, 0.25) is 0 Å². The van der Waals surface area contributed by atoms with Crippen LogP contribution in [0.3, 0.4) is 0 Å². The van der Waals surface area contributed by atoms with Gasteiger partial charge in [-0.15, -0.1) is 0 Å². The minimum atomic E-state index is -1.04. The predicted molar refractivity (Wildman–Crippen MR) is 81.9 cm³/mol. The summed E-state index contributed by atoms with van der Waals surface area (Å²) < 4.78 is 13.8. The van der Waals surface area contributed by atoms with Crippen LogP contribution in [0.4, 0.5) is 10.1 Å². The third-order valence-corrected chi connectivity index (χ3v) is 4.55. The monoisotopic (exact) mass is 293 g/mol. The Labute approximate surface area is 125 Å². The molecule has 0 saturated heterocycles. The van der Waals surface area contributed by atoms with Crippen molar-refractivity contribution in [2.24, 2.45) is 5.92 Å². The summed E-state index contributed by atoms with van der Waals surface area (Å²) in [5.41, 5.74) is -0.751. The van der Waals surface area contributed by atoms with Gasteiger partial charge in [-0.05, 0) is 37.3 Å². The molecule has 2 N–H and O–H groups in total. The highest BCUT2D eigenvalue weighted by Crippen LogP contribution is 2.35. The number of hydrogen-bond donors (Lipinski definition) is 2. The molecule has 2 atom stereocenters. The molecule has 0 radical (unpaired) electrons. The largest absolute Gasteiger partial charge is 0.480 e. The fourth-order valence-corrected chi connectivity index (χ4v) is 3.32. The number of nitrogens with one attached hydrogen (secondary N) is 1. The Morgan fingerprint density at radius 3 is 2.81 bits per heavy atom. The molecule has 0 heterocycles. The van der Waals surface area contributed by atoms with Crippen molar-refractivity contribution in [2.75, 3.05) is 5.32 Å². The normalized spacial score (nSPS) is 26.1. The number of anilines is 1. The fourth-order valence-electron chi connectivity index (χ4n) is 3.32. The molecular weight excluding hydrogens is 269 g/mol. The van der Waals surface area contributed by atoms with Gasteiger partial charge in [-0.3, -0.25) is 0 Å². The van der Waals surface area contributed by atoms with Crippen LogP contribution in [0, 0.1) is 11.7 Å². The Kier molecular flexibility index (Phi) is 5.21. The lowest BCUT2D eigenvalue weighted by Gasteiger charge is -2.30. The molecule has 0 bridgehead atoms. The molecule has 1 fully saturated rings. The number of carboxylic acid groups (broad SMARTS) is 1. The highest BCUT2D eigenvalue weighted by Gasteiger charge is 2.40. The van der Waals surface area contributed by atoms with Crippen molar-refractivity contribution in [3.63, 3.8) is 0 Å². The minimum absolute atomic E-state index is 0.286. The maximum Gasteiger partial charge on any atom is 0.329 e. The maximum absolute atomic E-state index is 13.8. The molecule has 1 aliphatic rings. The molecule has 1 aromatic rings. The molecule has 0 aromatic heterocycles. The van der Waals surface area contributed by atoms with Crippen LogP contribution in [-0.4, -0.2) is 16.6 Å². The Bertz CT molecular complexity index is 491. The summed E-state index contributed by atoms with van der Waals surface area (Å²) in [6.45, 7) is 2.16. The van der Waals surface area contributed by atoms with Crippen molar-refractivity contribution in [1.82, 2.24) is 0 Å². The molecule has 1 saturated carbocycles. The van der Waals surface area contributed by atoms with Gasteiger partial charge in [-0.25, -0.2) is 9.18 Å². The van der Waals surface area contributed by atoms with Gasteiger partial charge in [0.15, 0.2) is 0 Å². The van der Waals surface area contributed by atoms with Crippen LogP contribution in [0.1, 0.15) is 51.9 Å². The molecular formula is C17H24FNO2. The molecule has 4 heteroatoms. The second-order valence-corrected chi connectivity index (χ2v) is 6.08. The van der Waals surface area contributed by atoms with Crippen molar-refractivity contribution in [3.05, 3.63) is 30.1 Å². The van der Waals surface area contributed by atoms with Crippen molar-refractivity contribution in [3.8, 4) is 0 Å². The van der Waals surface area contributed by atoms with Crippen LogP contribution in [0.25, 0.3) is 0 Å². The van der Waals surface area contributed by atoms with E-state index >= 15 is 0 Å². The van der Waals surface area contributed by atoms with E-state index in [1.165, 1.54) is 6.07 Å². The topological polar surface area (TPSA) is 49.3 Å². The molecule has 21 heavy (non-hydrogen) atoms. The van der Waals surface area contributed by atoms with Crippen molar-refractivity contribution in [2.45, 2.75) is 57.4 Å². The van der Waals surface area contributed by atoms with Crippen LogP contribution in [-0.2, 0) is 4.79 Å². The Hall–Kier alpha value is -1.58. The van der Waals surface area contributed by atoms with Crippen molar-refractivity contribution >= 4 is 11.7 Å². The van der Waals surface area contributed by atoms with Gasteiger partial charge in [0.25, 0.3) is 0 Å². The average Bonchev–Trinajstić information content (AvgIpc) is 2.66. The van der Waals surface area contributed by atoms with Gasteiger partial charge >= 0.3 is 5.97 Å². The number of aliphatic carboxylic acids is 1. The molecule has 3 nitrogen and oxygen atoms in total. The van der Waals surface area contributed by atoms with Crippen LogP contribution in [0.2, 0.25) is 0 Å². The number of benzene rings is 1. The van der Waals surface area contributed by atoms with Crippen LogP contribution >= 0.6 is 0 Å². The van der Waals surface area contributed by atoms with E-state index in [-0.39, 0.29) is 5.69 Å². The number of halogens is 1. The molecule has 2 unspecified atom stereocenters. The third kappa shape index (κ3) is 3.74. The SMILES string of the molecule is CCCC1CCCC(Nc2ccccc2F)(C(=O)O)CC1. The van der Waals surface area contributed by atoms with Gasteiger partial charge in [0, 0.05) is 0 Å². The Balaban J connectivity index is 2.17. The highest BCUT2D eigenvalue weighted by atomic mass is 19.1. The van der Waals surface area contributed by atoms with Crippen LogP contribution in [0.15, 0.2) is 24.3 Å². The number of para-hydroxylation sites is 1. The smallest absolute Gasteiger partial charge is 0.329 e. The molecule has 116 valence electrons. The zero-order valence-corrected chi connectivity index (χ0v) is 12.6. The minimum Gasteiger partial charge on any atom is -0.480 e. The number of hydrogen-bond acceptors (Lipinski definition) is 2. The van der Waals surface area contributed by atoms with E-state index in [0.717, 1.165) is 32.1 Å². The first-order valence-corrected chi connectivity index (χ1v) is 7.83. The maximum atomic E-state index is 13.8. The summed E-state index contributed by atoms with van der Waals surface area (Å²) in [6.07, 6.45) is 6.22. The quantitative estimate of drug-likeness (QED) is 0.789. The van der Waals surface area contributed by atoms with Gasteiger partial charge in [0.1, 0.15) is 11.4 Å². The van der Waals surface area contributed by atoms with E-state index in [4.69, 9.17) is 0 Å². The summed E-state index contributed by atoms with van der Waals surface area (Å²) in [4.78, 5) is 11.8. The Morgan fingerprint density at radius 2 is 2.14 bits per heavy atom. The lowest BCUT2D eigenvalue weighted by Crippen LogP contribution is -2.46. The van der Waals surface area contributed by atoms with E-state index < -0.39 is 17.3 Å². The van der Waals surface area contributed by atoms with Gasteiger partial charge in [-0.1, -0.05) is 44.7 Å². The van der Waals surface area contributed by atoms with Crippen molar-refractivity contribution < 1.29 is 14.3 Å². The molecule has 0 aliphatic heterocycles. The third-order valence-electron chi connectivity index (χ3n) is 4.55. The lowest BCUT2D eigenvalue weighted by molar-refractivity contribution is -0.142. The molecule has 0 spiro atoms. The lowest BCUT2D eigenvalue weighted by atomic mass is 9.88. The summed E-state index contributed by atoms with van der Waals surface area (Å²) in [5, 5.41) is 12.7. The number of carbonyl (C=O) groups is 1. The number of rotatable bonds is 5. The van der Waals surface area contributed by atoms with E-state index in [1.807, 2.05) is 0 Å². The van der Waals surface area contributed by atoms with Gasteiger partial charge in [-0.2, -0.15) is 0 Å². The molecule has 0 amide bonds. The number of carboxylic acids is 1. The Morgan fingerprint density at radius 1 is 1.38 bits per heavy atom.